The Hall–Kier alpha value is -2.99. The van der Waals surface area contributed by atoms with Gasteiger partial charge in [-0.15, -0.1) is 0 Å². The molecule has 0 unspecified atom stereocenters. The minimum absolute atomic E-state index is 0.289. The molecule has 1 aliphatic heterocycles. The van der Waals surface area contributed by atoms with Crippen molar-refractivity contribution in [2.75, 3.05) is 7.11 Å². The van der Waals surface area contributed by atoms with Crippen molar-refractivity contribution >= 4 is 44.4 Å². The van der Waals surface area contributed by atoms with E-state index < -0.39 is 28.7 Å². The number of rotatable bonds is 3. The second-order valence-corrected chi connectivity index (χ2v) is 8.77. The molecule has 3 aromatic carbocycles. The monoisotopic (exact) mass is 464 g/mol. The van der Waals surface area contributed by atoms with Gasteiger partial charge in [-0.1, -0.05) is 58.4 Å². The first-order valence-corrected chi connectivity index (χ1v) is 10.3. The lowest BCUT2D eigenvalue weighted by Gasteiger charge is -2.22. The van der Waals surface area contributed by atoms with Crippen LogP contribution in [0.3, 0.4) is 0 Å². The Morgan fingerprint density at radius 3 is 2.43 bits per heavy atom. The van der Waals surface area contributed by atoms with E-state index in [4.69, 9.17) is 9.47 Å². The third kappa shape index (κ3) is 2.14. The van der Waals surface area contributed by atoms with E-state index in [1.807, 2.05) is 30.3 Å². The molecule has 0 spiro atoms. The molecular weight excluding hydrogens is 448 g/mol. The molecule has 1 heterocycles. The minimum Gasteiger partial charge on any atom is -0.468 e. The molecular formula is C24H17BrO5. The number of benzene rings is 3. The highest BCUT2D eigenvalue weighted by Gasteiger charge is 2.89. The number of halogens is 1. The van der Waals surface area contributed by atoms with E-state index in [2.05, 4.69) is 15.9 Å². The fourth-order valence-electron chi connectivity index (χ4n) is 5.08. The van der Waals surface area contributed by atoms with E-state index in [-0.39, 0.29) is 5.78 Å². The molecule has 30 heavy (non-hydrogen) atoms. The second-order valence-electron chi connectivity index (χ2n) is 7.86. The summed E-state index contributed by atoms with van der Waals surface area (Å²) in [5.41, 5.74) is -1.90. The van der Waals surface area contributed by atoms with Crippen LogP contribution >= 0.6 is 15.9 Å². The van der Waals surface area contributed by atoms with Gasteiger partial charge >= 0.3 is 11.9 Å². The molecule has 0 N–H and O–H groups in total. The lowest BCUT2D eigenvalue weighted by molar-refractivity contribution is -0.160. The summed E-state index contributed by atoms with van der Waals surface area (Å²) < 4.78 is 11.5. The minimum atomic E-state index is -1.71. The van der Waals surface area contributed by atoms with Crippen LogP contribution in [-0.4, -0.2) is 24.8 Å². The highest BCUT2D eigenvalue weighted by Crippen LogP contribution is 2.79. The second kappa shape index (κ2) is 6.25. The summed E-state index contributed by atoms with van der Waals surface area (Å²) in [7, 11) is 1.23. The molecule has 150 valence electrons. The van der Waals surface area contributed by atoms with E-state index in [0.717, 1.165) is 15.2 Å². The fraction of sp³-hybridized carbons (Fsp3) is 0.208. The van der Waals surface area contributed by atoms with Crippen LogP contribution in [0.15, 0.2) is 65.1 Å². The predicted octanol–water partition coefficient (Wildman–Crippen LogP) is 4.67. The average molecular weight is 465 g/mol. The standard InChI is InChI=1S/C24H17BrO5/c1-23(20(26)14-7-10-15(25)11-8-14)19-18-16-6-4-3-5-13(16)9-12-17(18)30-22(28)24(19,23)21(27)29-2/h3-12,19H,1-2H3/t19-,23+,24-/m0/s1. The number of ketones is 1. The van der Waals surface area contributed by atoms with Crippen molar-refractivity contribution in [2.24, 2.45) is 10.8 Å². The van der Waals surface area contributed by atoms with Crippen molar-refractivity contribution in [2.45, 2.75) is 12.8 Å². The van der Waals surface area contributed by atoms with Crippen molar-refractivity contribution in [3.63, 3.8) is 0 Å². The van der Waals surface area contributed by atoms with Crippen LogP contribution in [0.2, 0.25) is 0 Å². The number of hydrogen-bond donors (Lipinski definition) is 0. The molecule has 5 rings (SSSR count). The first-order valence-electron chi connectivity index (χ1n) is 9.50. The number of esters is 2. The van der Waals surface area contributed by atoms with Crippen LogP contribution < -0.4 is 4.74 Å². The van der Waals surface area contributed by atoms with Gasteiger partial charge in [0.15, 0.2) is 11.2 Å². The Bertz CT molecular complexity index is 1250. The summed E-state index contributed by atoms with van der Waals surface area (Å²) in [5.74, 6) is -2.06. The van der Waals surface area contributed by atoms with Crippen LogP contribution in [0.4, 0.5) is 0 Å². The van der Waals surface area contributed by atoms with Gasteiger partial charge in [0.2, 0.25) is 0 Å². The highest BCUT2D eigenvalue weighted by atomic mass is 79.9. The summed E-state index contributed by atoms with van der Waals surface area (Å²) in [6, 6.07) is 18.1. The molecule has 0 amide bonds. The van der Waals surface area contributed by atoms with Crippen LogP contribution in [0.5, 0.6) is 5.75 Å². The number of ether oxygens (including phenoxy) is 2. The molecule has 0 radical (unpaired) electrons. The molecule has 2 aliphatic rings. The van der Waals surface area contributed by atoms with E-state index >= 15 is 0 Å². The van der Waals surface area contributed by atoms with Gasteiger partial charge in [-0.05, 0) is 35.9 Å². The lowest BCUT2D eigenvalue weighted by Crippen LogP contribution is -2.39. The first-order chi connectivity index (χ1) is 14.4. The summed E-state index contributed by atoms with van der Waals surface area (Å²) in [6.07, 6.45) is 0. The number of methoxy groups -OCH3 is 1. The summed E-state index contributed by atoms with van der Waals surface area (Å²) in [6.45, 7) is 1.66. The maximum absolute atomic E-state index is 13.7. The maximum atomic E-state index is 13.7. The third-order valence-electron chi connectivity index (χ3n) is 6.58. The molecule has 0 saturated heterocycles. The Kier molecular flexibility index (Phi) is 3.96. The molecule has 0 aromatic heterocycles. The number of carbonyl (C=O) groups is 3. The zero-order valence-corrected chi connectivity index (χ0v) is 17.9. The molecule has 0 bridgehead atoms. The van der Waals surface area contributed by atoms with Gasteiger partial charge in [-0.25, -0.2) is 0 Å². The van der Waals surface area contributed by atoms with Crippen molar-refractivity contribution in [1.29, 1.82) is 0 Å². The summed E-state index contributed by atoms with van der Waals surface area (Å²) >= 11 is 3.37. The van der Waals surface area contributed by atoms with Gasteiger partial charge in [0, 0.05) is 21.5 Å². The van der Waals surface area contributed by atoms with Gasteiger partial charge in [0.05, 0.1) is 12.5 Å². The van der Waals surface area contributed by atoms with Crippen molar-refractivity contribution in [1.82, 2.24) is 0 Å². The summed E-state index contributed by atoms with van der Waals surface area (Å²) in [4.78, 5) is 39.9. The number of fused-ring (bicyclic) bond motifs is 5. The largest absolute Gasteiger partial charge is 0.468 e. The fourth-order valence-corrected chi connectivity index (χ4v) is 5.35. The zero-order valence-electron chi connectivity index (χ0n) is 16.3. The van der Waals surface area contributed by atoms with Gasteiger partial charge in [-0.2, -0.15) is 0 Å². The zero-order chi connectivity index (χ0) is 21.3. The Morgan fingerprint density at radius 1 is 1.03 bits per heavy atom. The van der Waals surface area contributed by atoms with Crippen LogP contribution in [0.25, 0.3) is 10.8 Å². The Labute approximate surface area is 181 Å². The molecule has 1 fully saturated rings. The predicted molar refractivity (Wildman–Crippen MR) is 113 cm³/mol. The van der Waals surface area contributed by atoms with Crippen molar-refractivity contribution in [3.05, 3.63) is 76.3 Å². The van der Waals surface area contributed by atoms with Gasteiger partial charge in [0.1, 0.15) is 5.75 Å². The number of Topliss-reactive ketones (excluding diaryl/α,β-unsaturated/α-hetero) is 1. The lowest BCUT2D eigenvalue weighted by atomic mass is 9.87. The van der Waals surface area contributed by atoms with E-state index in [1.54, 1.807) is 37.3 Å². The van der Waals surface area contributed by atoms with Crippen molar-refractivity contribution < 1.29 is 23.9 Å². The van der Waals surface area contributed by atoms with Crippen LogP contribution in [0, 0.1) is 10.8 Å². The Balaban J connectivity index is 1.78. The topological polar surface area (TPSA) is 69.7 Å². The highest BCUT2D eigenvalue weighted by molar-refractivity contribution is 9.10. The smallest absolute Gasteiger partial charge is 0.330 e. The molecule has 5 nitrogen and oxygen atoms in total. The van der Waals surface area contributed by atoms with Crippen LogP contribution in [-0.2, 0) is 14.3 Å². The van der Waals surface area contributed by atoms with E-state index in [9.17, 15) is 14.4 Å². The first kappa shape index (κ1) is 19.0. The van der Waals surface area contributed by atoms with E-state index in [0.29, 0.717) is 16.9 Å². The molecule has 3 atom stereocenters. The normalized spacial score (nSPS) is 26.4. The third-order valence-corrected chi connectivity index (χ3v) is 7.10. The molecule has 6 heteroatoms. The number of hydrogen-bond acceptors (Lipinski definition) is 5. The van der Waals surface area contributed by atoms with Gasteiger partial charge in [-0.3, -0.25) is 14.4 Å². The SMILES string of the molecule is COC(=O)[C@]12C(=O)Oc3ccc4ccccc4c3[C@H]1[C@]2(C)C(=O)c1ccc(Br)cc1. The molecule has 1 saturated carbocycles. The molecule has 3 aromatic rings. The average Bonchev–Trinajstić information content (AvgIpc) is 3.35. The Morgan fingerprint density at radius 2 is 1.73 bits per heavy atom. The maximum Gasteiger partial charge on any atom is 0.330 e. The quantitative estimate of drug-likeness (QED) is 0.244. The van der Waals surface area contributed by atoms with E-state index in [1.165, 1.54) is 7.11 Å². The van der Waals surface area contributed by atoms with Crippen molar-refractivity contribution in [3.8, 4) is 5.75 Å². The summed E-state index contributed by atoms with van der Waals surface area (Å²) in [5, 5.41) is 1.80. The van der Waals surface area contributed by atoms with Crippen LogP contribution in [0.1, 0.15) is 28.8 Å². The van der Waals surface area contributed by atoms with Gasteiger partial charge < -0.3 is 9.47 Å². The molecule has 1 aliphatic carbocycles. The van der Waals surface area contributed by atoms with Gasteiger partial charge in [0.25, 0.3) is 0 Å². The number of carbonyl (C=O) groups excluding carboxylic acids is 3.